The molecule has 40 heavy (non-hydrogen) atoms. The predicted octanol–water partition coefficient (Wildman–Crippen LogP) is 5.28. The maximum Gasteiger partial charge on any atom is 0.394 e. The lowest BCUT2D eigenvalue weighted by Gasteiger charge is -2.28. The maximum atomic E-state index is 13.4. The van der Waals surface area contributed by atoms with Gasteiger partial charge >= 0.3 is 12.8 Å². The van der Waals surface area contributed by atoms with Gasteiger partial charge in [-0.2, -0.15) is 27.1 Å². The minimum Gasteiger partial charge on any atom is -0.434 e. The Morgan fingerprint density at radius 1 is 1.27 bits per heavy atom. The molecule has 15 heteroatoms. The summed E-state index contributed by atoms with van der Waals surface area (Å²) in [5, 5.41) is 6.08. The van der Waals surface area contributed by atoms with E-state index < -0.39 is 57.5 Å². The van der Waals surface area contributed by atoms with Crippen LogP contribution in [0.15, 0.2) is 18.2 Å². The summed E-state index contributed by atoms with van der Waals surface area (Å²) in [5.41, 5.74) is -2.11. The van der Waals surface area contributed by atoms with E-state index >= 15 is 0 Å². The number of halogens is 6. The molecule has 1 aromatic heterocycles. The molecule has 1 aliphatic rings. The van der Waals surface area contributed by atoms with E-state index in [2.05, 4.69) is 15.2 Å². The standard InChI is InChI=1S/C25H31ClF5N3O5S/c1-5-34-21(17-9-6-14(10-18(17)39-23(27)28)11-24(2,3)25(29,30)31)19(26)20(33-34)22(35)32-12-15-7-8-16(13-38-15)40(4,36)37/h6,9-10,15-16,23H,5,7-8,11-13H2,1-4H3,(H,32,35)/t15-,16+/m0/s1. The molecule has 1 fully saturated rings. The van der Waals surface area contributed by atoms with Crippen molar-refractivity contribution in [1.29, 1.82) is 0 Å². The highest BCUT2D eigenvalue weighted by Gasteiger charge is 2.47. The summed E-state index contributed by atoms with van der Waals surface area (Å²) in [7, 11) is -3.24. The van der Waals surface area contributed by atoms with E-state index in [9.17, 15) is 35.2 Å². The zero-order valence-electron chi connectivity index (χ0n) is 22.3. The first-order valence-corrected chi connectivity index (χ1v) is 14.8. The topological polar surface area (TPSA) is 99.5 Å². The van der Waals surface area contributed by atoms with Crippen LogP contribution in [-0.4, -0.2) is 67.7 Å². The van der Waals surface area contributed by atoms with Crippen molar-refractivity contribution in [3.05, 3.63) is 34.5 Å². The molecule has 224 valence electrons. The average molecular weight is 616 g/mol. The van der Waals surface area contributed by atoms with Crippen LogP contribution in [0.3, 0.4) is 0 Å². The van der Waals surface area contributed by atoms with E-state index in [1.807, 2.05) is 0 Å². The molecule has 3 rings (SSSR count). The van der Waals surface area contributed by atoms with E-state index in [1.165, 1.54) is 16.8 Å². The summed E-state index contributed by atoms with van der Waals surface area (Å²) in [6.45, 7) is 0.660. The monoisotopic (exact) mass is 615 g/mol. The number of nitrogens with zero attached hydrogens (tertiary/aromatic N) is 2. The van der Waals surface area contributed by atoms with E-state index in [1.54, 1.807) is 6.92 Å². The first kappa shape index (κ1) is 32.1. The van der Waals surface area contributed by atoms with Crippen molar-refractivity contribution >= 4 is 27.3 Å². The molecule has 2 aromatic rings. The molecule has 1 aromatic carbocycles. The highest BCUT2D eigenvalue weighted by molar-refractivity contribution is 7.91. The van der Waals surface area contributed by atoms with E-state index in [0.29, 0.717) is 12.8 Å². The average Bonchev–Trinajstić information content (AvgIpc) is 3.17. The van der Waals surface area contributed by atoms with Gasteiger partial charge in [0.25, 0.3) is 5.91 Å². The van der Waals surface area contributed by atoms with Crippen molar-refractivity contribution in [2.45, 2.75) is 70.7 Å². The highest BCUT2D eigenvalue weighted by atomic mass is 35.5. The van der Waals surface area contributed by atoms with Gasteiger partial charge in [0.15, 0.2) is 15.5 Å². The minimum absolute atomic E-state index is 0.0117. The lowest BCUT2D eigenvalue weighted by molar-refractivity contribution is -0.211. The molecule has 2 atom stereocenters. The molecule has 0 saturated carbocycles. The van der Waals surface area contributed by atoms with E-state index in [0.717, 1.165) is 26.2 Å². The minimum atomic E-state index is -4.53. The maximum absolute atomic E-state index is 13.4. The molecule has 1 saturated heterocycles. The number of sulfone groups is 1. The largest absolute Gasteiger partial charge is 0.434 e. The number of ether oxygens (including phenoxy) is 2. The number of amides is 1. The summed E-state index contributed by atoms with van der Waals surface area (Å²) >= 11 is 6.51. The van der Waals surface area contributed by atoms with Crippen LogP contribution in [0.2, 0.25) is 5.02 Å². The lowest BCUT2D eigenvalue weighted by Crippen LogP contribution is -2.41. The number of hydrogen-bond acceptors (Lipinski definition) is 6. The third-order valence-electron chi connectivity index (χ3n) is 6.76. The number of hydrogen-bond donors (Lipinski definition) is 1. The van der Waals surface area contributed by atoms with Crippen molar-refractivity contribution in [3.63, 3.8) is 0 Å². The molecule has 1 amide bonds. The SMILES string of the molecule is CCn1nc(C(=O)NC[C@@H]2CC[C@@H](S(C)(=O)=O)CO2)c(Cl)c1-c1ccc(CC(C)(C)C(F)(F)F)cc1OC(F)F. The quantitative estimate of drug-likeness (QED) is 0.365. The molecule has 0 spiro atoms. The molecular weight excluding hydrogens is 585 g/mol. The third-order valence-corrected chi connectivity index (χ3v) is 8.70. The Kier molecular flexibility index (Phi) is 9.78. The van der Waals surface area contributed by atoms with E-state index in [-0.39, 0.29) is 47.2 Å². The number of aryl methyl sites for hydroxylation is 1. The van der Waals surface area contributed by atoms with Crippen LogP contribution in [0.25, 0.3) is 11.3 Å². The Bertz CT molecular complexity index is 1320. The van der Waals surface area contributed by atoms with Gasteiger partial charge in [-0.15, -0.1) is 0 Å². The summed E-state index contributed by atoms with van der Waals surface area (Å²) in [5.74, 6) is -1.09. The molecular formula is C25H31ClF5N3O5S. The molecule has 0 unspecified atom stereocenters. The first-order valence-electron chi connectivity index (χ1n) is 12.4. The first-order chi connectivity index (χ1) is 18.4. The smallest absolute Gasteiger partial charge is 0.394 e. The zero-order valence-corrected chi connectivity index (χ0v) is 23.9. The van der Waals surface area contributed by atoms with Crippen LogP contribution in [0.4, 0.5) is 22.0 Å². The van der Waals surface area contributed by atoms with Gasteiger partial charge in [0.1, 0.15) is 5.75 Å². The molecule has 0 radical (unpaired) electrons. The number of alkyl halides is 5. The summed E-state index contributed by atoms with van der Waals surface area (Å²) in [4.78, 5) is 12.9. The number of nitrogens with one attached hydrogen (secondary N) is 1. The number of rotatable bonds is 10. The fourth-order valence-electron chi connectivity index (χ4n) is 4.32. The van der Waals surface area contributed by atoms with Crippen LogP contribution in [0.1, 0.15) is 49.7 Å². The Hall–Kier alpha value is -2.45. The molecule has 1 aliphatic heterocycles. The number of carbonyl (C=O) groups is 1. The summed E-state index contributed by atoms with van der Waals surface area (Å²) in [6.07, 6.45) is -3.50. The zero-order chi connectivity index (χ0) is 30.0. The second-order valence-electron chi connectivity index (χ2n) is 10.3. The van der Waals surface area contributed by atoms with Crippen LogP contribution in [0.5, 0.6) is 5.75 Å². The van der Waals surface area contributed by atoms with Gasteiger partial charge in [-0.05, 0) is 43.9 Å². The second kappa shape index (κ2) is 12.2. The number of benzene rings is 1. The lowest BCUT2D eigenvalue weighted by atomic mass is 9.84. The summed E-state index contributed by atoms with van der Waals surface area (Å²) in [6, 6.07) is 3.76. The van der Waals surface area contributed by atoms with Gasteiger partial charge < -0.3 is 14.8 Å². The van der Waals surface area contributed by atoms with Crippen LogP contribution < -0.4 is 10.1 Å². The fourth-order valence-corrected chi connectivity index (χ4v) is 5.53. The van der Waals surface area contributed by atoms with Gasteiger partial charge in [0, 0.05) is 24.9 Å². The Morgan fingerprint density at radius 3 is 2.48 bits per heavy atom. The van der Waals surface area contributed by atoms with Crippen molar-refractivity contribution in [2.75, 3.05) is 19.4 Å². The molecule has 0 bridgehead atoms. The normalized spacial score (nSPS) is 18.7. The predicted molar refractivity (Wildman–Crippen MR) is 138 cm³/mol. The van der Waals surface area contributed by atoms with Gasteiger partial charge in [-0.3, -0.25) is 9.48 Å². The Morgan fingerprint density at radius 2 is 1.95 bits per heavy atom. The Labute approximate surface area is 234 Å². The second-order valence-corrected chi connectivity index (χ2v) is 13.0. The number of carbonyl (C=O) groups excluding carboxylic acids is 1. The van der Waals surface area contributed by atoms with Crippen LogP contribution in [0, 0.1) is 5.41 Å². The van der Waals surface area contributed by atoms with Crippen LogP contribution >= 0.6 is 11.6 Å². The van der Waals surface area contributed by atoms with Gasteiger partial charge in [0.05, 0.1) is 34.1 Å². The summed E-state index contributed by atoms with van der Waals surface area (Å²) < 4.78 is 102. The van der Waals surface area contributed by atoms with Gasteiger partial charge in [-0.1, -0.05) is 31.5 Å². The van der Waals surface area contributed by atoms with Crippen molar-refractivity contribution in [1.82, 2.24) is 15.1 Å². The molecule has 8 nitrogen and oxygen atoms in total. The van der Waals surface area contributed by atoms with Gasteiger partial charge in [0.2, 0.25) is 0 Å². The Balaban J connectivity index is 1.86. The molecule has 2 heterocycles. The van der Waals surface area contributed by atoms with E-state index in [4.69, 9.17) is 16.3 Å². The van der Waals surface area contributed by atoms with Crippen LogP contribution in [-0.2, 0) is 27.5 Å². The van der Waals surface area contributed by atoms with Crippen molar-refractivity contribution in [3.8, 4) is 17.0 Å². The van der Waals surface area contributed by atoms with Gasteiger partial charge in [-0.25, -0.2) is 8.42 Å². The van der Waals surface area contributed by atoms with Crippen molar-refractivity contribution in [2.24, 2.45) is 5.41 Å². The van der Waals surface area contributed by atoms with Crippen molar-refractivity contribution < 1.29 is 44.6 Å². The highest BCUT2D eigenvalue weighted by Crippen LogP contribution is 2.43. The molecule has 0 aliphatic carbocycles. The molecule has 1 N–H and O–H groups in total. The third kappa shape index (κ3) is 7.43. The number of aromatic nitrogens is 2. The fraction of sp³-hybridized carbons (Fsp3) is 0.600.